The van der Waals surface area contributed by atoms with Crippen LogP contribution in [0.3, 0.4) is 0 Å². The zero-order valence-corrected chi connectivity index (χ0v) is 9.84. The number of benzene rings is 1. The van der Waals surface area contributed by atoms with Crippen molar-refractivity contribution >= 4 is 21.9 Å². The fourth-order valence-corrected chi connectivity index (χ4v) is 1.52. The van der Waals surface area contributed by atoms with Crippen LogP contribution >= 0.6 is 15.9 Å². The van der Waals surface area contributed by atoms with Gasteiger partial charge < -0.3 is 9.84 Å². The van der Waals surface area contributed by atoms with Crippen LogP contribution in [0.1, 0.15) is 12.5 Å². The Balaban J connectivity index is 3.30. The molecule has 0 aromatic heterocycles. The molecule has 0 bridgehead atoms. The summed E-state index contributed by atoms with van der Waals surface area (Å²) in [4.78, 5) is 11.0. The lowest BCUT2D eigenvalue weighted by Crippen LogP contribution is -2.35. The average Bonchev–Trinajstić information content (AvgIpc) is 2.16. The molecule has 1 N–H and O–H groups in total. The SMILES string of the molecule is COC(C)(C(=O)O)c1ccc(Br)cc1F. The molecule has 0 heterocycles. The van der Waals surface area contributed by atoms with Crippen LogP contribution in [-0.2, 0) is 15.1 Å². The third-order valence-corrected chi connectivity index (χ3v) is 2.75. The molecule has 0 saturated heterocycles. The van der Waals surface area contributed by atoms with Crippen molar-refractivity contribution in [1.82, 2.24) is 0 Å². The predicted octanol–water partition coefficient (Wildman–Crippen LogP) is 2.53. The lowest BCUT2D eigenvalue weighted by Gasteiger charge is -2.23. The highest BCUT2D eigenvalue weighted by molar-refractivity contribution is 9.10. The number of rotatable bonds is 3. The average molecular weight is 277 g/mol. The lowest BCUT2D eigenvalue weighted by atomic mass is 9.95. The Morgan fingerprint density at radius 3 is 2.60 bits per heavy atom. The van der Waals surface area contributed by atoms with Crippen LogP contribution in [-0.4, -0.2) is 18.2 Å². The van der Waals surface area contributed by atoms with E-state index in [1.807, 2.05) is 0 Å². The van der Waals surface area contributed by atoms with Gasteiger partial charge >= 0.3 is 5.97 Å². The number of carboxylic acids is 1. The molecule has 1 aromatic rings. The first-order valence-electron chi connectivity index (χ1n) is 4.16. The van der Waals surface area contributed by atoms with Gasteiger partial charge in [-0.3, -0.25) is 0 Å². The molecule has 0 aliphatic carbocycles. The molecule has 82 valence electrons. The van der Waals surface area contributed by atoms with Gasteiger partial charge in [0.2, 0.25) is 0 Å². The minimum Gasteiger partial charge on any atom is -0.479 e. The molecule has 5 heteroatoms. The summed E-state index contributed by atoms with van der Waals surface area (Å²) in [7, 11) is 1.23. The Labute approximate surface area is 95.0 Å². The van der Waals surface area contributed by atoms with Gasteiger partial charge in [0.05, 0.1) is 0 Å². The maximum Gasteiger partial charge on any atom is 0.340 e. The zero-order chi connectivity index (χ0) is 11.6. The number of carboxylic acid groups (broad SMARTS) is 1. The van der Waals surface area contributed by atoms with Gasteiger partial charge in [-0.15, -0.1) is 0 Å². The number of hydrogen-bond donors (Lipinski definition) is 1. The maximum absolute atomic E-state index is 13.5. The number of methoxy groups -OCH3 is 1. The van der Waals surface area contributed by atoms with Crippen molar-refractivity contribution < 1.29 is 19.0 Å². The minimum atomic E-state index is -1.66. The van der Waals surface area contributed by atoms with Crippen molar-refractivity contribution in [2.24, 2.45) is 0 Å². The summed E-state index contributed by atoms with van der Waals surface area (Å²) in [6.07, 6.45) is 0. The van der Waals surface area contributed by atoms with E-state index in [0.717, 1.165) is 0 Å². The second kappa shape index (κ2) is 4.28. The smallest absolute Gasteiger partial charge is 0.340 e. The van der Waals surface area contributed by atoms with E-state index >= 15 is 0 Å². The van der Waals surface area contributed by atoms with Gasteiger partial charge in [0, 0.05) is 17.1 Å². The fraction of sp³-hybridized carbons (Fsp3) is 0.300. The first-order valence-corrected chi connectivity index (χ1v) is 4.95. The van der Waals surface area contributed by atoms with Crippen molar-refractivity contribution in [3.05, 3.63) is 34.1 Å². The second-order valence-corrected chi connectivity index (χ2v) is 4.08. The standard InChI is InChI=1S/C10H10BrFO3/c1-10(15-2,9(13)14)7-4-3-6(11)5-8(7)12/h3-5H,1-2H3,(H,13,14). The van der Waals surface area contributed by atoms with Crippen molar-refractivity contribution in [2.75, 3.05) is 7.11 Å². The summed E-state index contributed by atoms with van der Waals surface area (Å²) >= 11 is 3.09. The van der Waals surface area contributed by atoms with E-state index in [4.69, 9.17) is 9.84 Å². The van der Waals surface area contributed by atoms with E-state index < -0.39 is 17.4 Å². The normalized spacial score (nSPS) is 14.7. The van der Waals surface area contributed by atoms with Gasteiger partial charge in [0.15, 0.2) is 5.60 Å². The van der Waals surface area contributed by atoms with Gasteiger partial charge in [-0.25, -0.2) is 9.18 Å². The van der Waals surface area contributed by atoms with E-state index in [-0.39, 0.29) is 5.56 Å². The maximum atomic E-state index is 13.5. The third-order valence-electron chi connectivity index (χ3n) is 2.26. The van der Waals surface area contributed by atoms with Crippen LogP contribution < -0.4 is 0 Å². The highest BCUT2D eigenvalue weighted by Crippen LogP contribution is 2.29. The number of aliphatic carboxylic acids is 1. The fourth-order valence-electron chi connectivity index (χ4n) is 1.19. The molecule has 0 aliphatic rings. The number of carbonyl (C=O) groups is 1. The zero-order valence-electron chi connectivity index (χ0n) is 8.25. The molecular formula is C10H10BrFO3. The second-order valence-electron chi connectivity index (χ2n) is 3.17. The molecule has 0 aliphatic heterocycles. The van der Waals surface area contributed by atoms with E-state index in [9.17, 15) is 9.18 Å². The summed E-state index contributed by atoms with van der Waals surface area (Å²) in [5.41, 5.74) is -1.66. The number of ether oxygens (including phenoxy) is 1. The monoisotopic (exact) mass is 276 g/mol. The molecule has 0 amide bonds. The molecule has 1 atom stereocenters. The summed E-state index contributed by atoms with van der Waals surface area (Å²) < 4.78 is 18.9. The van der Waals surface area contributed by atoms with Crippen molar-refractivity contribution in [2.45, 2.75) is 12.5 Å². The summed E-state index contributed by atoms with van der Waals surface area (Å²) in [5, 5.41) is 8.98. The molecule has 3 nitrogen and oxygen atoms in total. The Hall–Kier alpha value is -0.940. The van der Waals surface area contributed by atoms with E-state index in [2.05, 4.69) is 15.9 Å². The molecule has 1 unspecified atom stereocenters. The van der Waals surface area contributed by atoms with E-state index in [0.29, 0.717) is 4.47 Å². The van der Waals surface area contributed by atoms with E-state index in [1.165, 1.54) is 26.2 Å². The van der Waals surface area contributed by atoms with Crippen LogP contribution in [0, 0.1) is 5.82 Å². The Kier molecular flexibility index (Phi) is 3.46. The van der Waals surface area contributed by atoms with Crippen LogP contribution in [0.25, 0.3) is 0 Å². The van der Waals surface area contributed by atoms with Gasteiger partial charge in [-0.05, 0) is 19.1 Å². The molecule has 1 aromatic carbocycles. The van der Waals surface area contributed by atoms with Crippen molar-refractivity contribution in [3.8, 4) is 0 Å². The lowest BCUT2D eigenvalue weighted by molar-refractivity contribution is -0.161. The number of hydrogen-bond acceptors (Lipinski definition) is 2. The molecule has 0 saturated carbocycles. The topological polar surface area (TPSA) is 46.5 Å². The van der Waals surface area contributed by atoms with Crippen molar-refractivity contribution in [1.29, 1.82) is 0 Å². The summed E-state index contributed by atoms with van der Waals surface area (Å²) in [6.45, 7) is 1.31. The van der Waals surface area contributed by atoms with E-state index in [1.54, 1.807) is 6.07 Å². The first kappa shape index (κ1) is 12.1. The van der Waals surface area contributed by atoms with Gasteiger partial charge in [0.1, 0.15) is 5.82 Å². The van der Waals surface area contributed by atoms with Crippen LogP contribution in [0.15, 0.2) is 22.7 Å². The molecule has 0 radical (unpaired) electrons. The first-order chi connectivity index (χ1) is 6.91. The quantitative estimate of drug-likeness (QED) is 0.923. The summed E-state index contributed by atoms with van der Waals surface area (Å²) in [6, 6.07) is 4.16. The predicted molar refractivity (Wildman–Crippen MR) is 56.1 cm³/mol. The highest BCUT2D eigenvalue weighted by Gasteiger charge is 2.37. The molecular weight excluding hydrogens is 267 g/mol. The van der Waals surface area contributed by atoms with Crippen molar-refractivity contribution in [3.63, 3.8) is 0 Å². The number of halogens is 2. The van der Waals surface area contributed by atoms with Gasteiger partial charge in [-0.1, -0.05) is 22.0 Å². The molecule has 0 spiro atoms. The Morgan fingerprint density at radius 2 is 2.20 bits per heavy atom. The third kappa shape index (κ3) is 2.18. The van der Waals surface area contributed by atoms with Crippen LogP contribution in [0.5, 0.6) is 0 Å². The molecule has 1 rings (SSSR count). The summed E-state index contributed by atoms with van der Waals surface area (Å²) in [5.74, 6) is -1.85. The largest absolute Gasteiger partial charge is 0.479 e. The van der Waals surface area contributed by atoms with Gasteiger partial charge in [0.25, 0.3) is 0 Å². The highest BCUT2D eigenvalue weighted by atomic mass is 79.9. The minimum absolute atomic E-state index is 0.000648. The van der Waals surface area contributed by atoms with Crippen LogP contribution in [0.4, 0.5) is 4.39 Å². The Morgan fingerprint density at radius 1 is 1.60 bits per heavy atom. The van der Waals surface area contributed by atoms with Crippen LogP contribution in [0.2, 0.25) is 0 Å². The molecule has 0 fully saturated rings. The van der Waals surface area contributed by atoms with Gasteiger partial charge in [-0.2, -0.15) is 0 Å². The molecule has 15 heavy (non-hydrogen) atoms. The Bertz CT molecular complexity index is 394.